The average Bonchev–Trinajstić information content (AvgIpc) is 2.92. The van der Waals surface area contributed by atoms with E-state index in [-0.39, 0.29) is 11.9 Å². The summed E-state index contributed by atoms with van der Waals surface area (Å²) in [7, 11) is 0. The molecule has 1 amide bonds. The first-order valence-electron chi connectivity index (χ1n) is 5.22. The summed E-state index contributed by atoms with van der Waals surface area (Å²) in [6, 6.07) is 0.320. The largest absolute Gasteiger partial charge is 0.368 e. The number of amides is 1. The van der Waals surface area contributed by atoms with Crippen molar-refractivity contribution in [3.63, 3.8) is 0 Å². The second-order valence-electron chi connectivity index (χ2n) is 4.03. The molecule has 0 radical (unpaired) electrons. The molecule has 1 aliphatic carbocycles. The van der Waals surface area contributed by atoms with Crippen molar-refractivity contribution in [1.82, 2.24) is 14.9 Å². The summed E-state index contributed by atoms with van der Waals surface area (Å²) in [6.45, 7) is 2.53. The number of carbonyl (C=O) groups excluding carboxylic acids is 1. The van der Waals surface area contributed by atoms with Gasteiger partial charge in [0.25, 0.3) is 0 Å². The van der Waals surface area contributed by atoms with Crippen molar-refractivity contribution in [3.05, 3.63) is 18.2 Å². The van der Waals surface area contributed by atoms with Gasteiger partial charge in [-0.2, -0.15) is 0 Å². The van der Waals surface area contributed by atoms with Gasteiger partial charge in [0, 0.05) is 18.8 Å². The van der Waals surface area contributed by atoms with Crippen molar-refractivity contribution in [2.24, 2.45) is 5.73 Å². The predicted octanol–water partition coefficient (Wildman–Crippen LogP) is 0.181. The second kappa shape index (κ2) is 4.02. The molecule has 1 atom stereocenters. The SMILES string of the molecule is CC(C(N)=O)n1cncc1CNC1CC1. The summed E-state index contributed by atoms with van der Waals surface area (Å²) < 4.78 is 1.82. The van der Waals surface area contributed by atoms with Crippen LogP contribution in [0.2, 0.25) is 0 Å². The Kier molecular flexibility index (Phi) is 2.73. The molecule has 1 fully saturated rings. The Morgan fingerprint density at radius 1 is 1.80 bits per heavy atom. The van der Waals surface area contributed by atoms with Gasteiger partial charge in [-0.25, -0.2) is 4.98 Å². The van der Waals surface area contributed by atoms with Crippen LogP contribution in [0, 0.1) is 0 Å². The van der Waals surface area contributed by atoms with E-state index in [1.165, 1.54) is 12.8 Å². The highest BCUT2D eigenvalue weighted by Gasteiger charge is 2.21. The molecule has 2 rings (SSSR count). The number of hydrogen-bond acceptors (Lipinski definition) is 3. The summed E-state index contributed by atoms with van der Waals surface area (Å²) in [5.41, 5.74) is 6.26. The highest BCUT2D eigenvalue weighted by atomic mass is 16.1. The van der Waals surface area contributed by atoms with Crippen LogP contribution in [-0.2, 0) is 11.3 Å². The molecule has 0 aromatic carbocycles. The Bertz CT molecular complexity index is 356. The molecule has 1 aliphatic rings. The quantitative estimate of drug-likeness (QED) is 0.725. The standard InChI is InChI=1S/C10H16N4O/c1-7(10(11)15)14-6-12-4-9(14)5-13-8-2-3-8/h4,6-8,13H,2-3,5H2,1H3,(H2,11,15). The van der Waals surface area contributed by atoms with Gasteiger partial charge in [-0.3, -0.25) is 4.79 Å². The van der Waals surface area contributed by atoms with E-state index < -0.39 is 0 Å². The van der Waals surface area contributed by atoms with E-state index in [2.05, 4.69) is 10.3 Å². The van der Waals surface area contributed by atoms with Crippen LogP contribution >= 0.6 is 0 Å². The number of hydrogen-bond donors (Lipinski definition) is 2. The fraction of sp³-hybridized carbons (Fsp3) is 0.600. The van der Waals surface area contributed by atoms with Crippen LogP contribution in [0.4, 0.5) is 0 Å². The van der Waals surface area contributed by atoms with Gasteiger partial charge in [-0.1, -0.05) is 0 Å². The third-order valence-electron chi connectivity index (χ3n) is 2.72. The number of imidazole rings is 1. The third-order valence-corrected chi connectivity index (χ3v) is 2.72. The molecule has 3 N–H and O–H groups in total. The van der Waals surface area contributed by atoms with Crippen molar-refractivity contribution >= 4 is 5.91 Å². The van der Waals surface area contributed by atoms with Gasteiger partial charge in [0.1, 0.15) is 6.04 Å². The number of rotatable bonds is 5. The number of nitrogens with two attached hydrogens (primary N) is 1. The summed E-state index contributed by atoms with van der Waals surface area (Å²) in [4.78, 5) is 15.1. The molecular weight excluding hydrogens is 192 g/mol. The number of aromatic nitrogens is 2. The van der Waals surface area contributed by atoms with Gasteiger partial charge in [-0.05, 0) is 19.8 Å². The lowest BCUT2D eigenvalue weighted by Crippen LogP contribution is -2.26. The highest BCUT2D eigenvalue weighted by Crippen LogP contribution is 2.19. The zero-order chi connectivity index (χ0) is 10.8. The topological polar surface area (TPSA) is 72.9 Å². The number of nitrogens with one attached hydrogen (secondary N) is 1. The molecule has 82 valence electrons. The minimum atomic E-state index is -0.333. The molecule has 5 heteroatoms. The molecule has 5 nitrogen and oxygen atoms in total. The summed E-state index contributed by atoms with van der Waals surface area (Å²) in [5, 5.41) is 3.38. The van der Waals surface area contributed by atoms with E-state index in [4.69, 9.17) is 5.73 Å². The van der Waals surface area contributed by atoms with Gasteiger partial charge >= 0.3 is 0 Å². The lowest BCUT2D eigenvalue weighted by Gasteiger charge is -2.13. The van der Waals surface area contributed by atoms with Gasteiger partial charge in [-0.15, -0.1) is 0 Å². The number of nitrogens with zero attached hydrogens (tertiary/aromatic N) is 2. The van der Waals surface area contributed by atoms with Crippen LogP contribution < -0.4 is 11.1 Å². The van der Waals surface area contributed by atoms with E-state index in [0.29, 0.717) is 6.04 Å². The van der Waals surface area contributed by atoms with Gasteiger partial charge in [0.2, 0.25) is 5.91 Å². The second-order valence-corrected chi connectivity index (χ2v) is 4.03. The van der Waals surface area contributed by atoms with Crippen molar-refractivity contribution in [1.29, 1.82) is 0 Å². The molecule has 0 bridgehead atoms. The van der Waals surface area contributed by atoms with Crippen molar-refractivity contribution in [2.75, 3.05) is 0 Å². The molecule has 1 unspecified atom stereocenters. The Labute approximate surface area is 88.7 Å². The Hall–Kier alpha value is -1.36. The lowest BCUT2D eigenvalue weighted by molar-refractivity contribution is -0.120. The summed E-state index contributed by atoms with van der Waals surface area (Å²) in [6.07, 6.45) is 5.92. The fourth-order valence-electron chi connectivity index (χ4n) is 1.49. The molecular formula is C10H16N4O. The first-order chi connectivity index (χ1) is 7.18. The summed E-state index contributed by atoms with van der Waals surface area (Å²) >= 11 is 0. The van der Waals surface area contributed by atoms with E-state index in [1.54, 1.807) is 19.4 Å². The van der Waals surface area contributed by atoms with Crippen molar-refractivity contribution in [2.45, 2.75) is 38.4 Å². The van der Waals surface area contributed by atoms with Gasteiger partial charge < -0.3 is 15.6 Å². The van der Waals surface area contributed by atoms with Gasteiger partial charge in [0.15, 0.2) is 0 Å². The minimum Gasteiger partial charge on any atom is -0.368 e. The lowest BCUT2D eigenvalue weighted by atomic mass is 10.3. The molecule has 0 saturated heterocycles. The summed E-state index contributed by atoms with van der Waals surface area (Å²) in [5.74, 6) is -0.333. The highest BCUT2D eigenvalue weighted by molar-refractivity contribution is 5.77. The van der Waals surface area contributed by atoms with Crippen molar-refractivity contribution in [3.8, 4) is 0 Å². The fourth-order valence-corrected chi connectivity index (χ4v) is 1.49. The van der Waals surface area contributed by atoms with Crippen LogP contribution in [0.1, 0.15) is 31.5 Å². The first kappa shape index (κ1) is 10.2. The zero-order valence-corrected chi connectivity index (χ0v) is 8.81. The van der Waals surface area contributed by atoms with E-state index in [1.807, 2.05) is 4.57 Å². The minimum absolute atomic E-state index is 0.330. The van der Waals surface area contributed by atoms with E-state index in [0.717, 1.165) is 12.2 Å². The molecule has 1 aromatic heterocycles. The van der Waals surface area contributed by atoms with Crippen LogP contribution in [0.3, 0.4) is 0 Å². The van der Waals surface area contributed by atoms with E-state index in [9.17, 15) is 4.79 Å². The van der Waals surface area contributed by atoms with E-state index >= 15 is 0 Å². The molecule has 1 heterocycles. The normalized spacial score (nSPS) is 17.7. The van der Waals surface area contributed by atoms with Crippen LogP contribution in [0.5, 0.6) is 0 Å². The van der Waals surface area contributed by atoms with Gasteiger partial charge in [0.05, 0.1) is 12.0 Å². The average molecular weight is 208 g/mol. The maximum Gasteiger partial charge on any atom is 0.240 e. The van der Waals surface area contributed by atoms with Crippen molar-refractivity contribution < 1.29 is 4.79 Å². The van der Waals surface area contributed by atoms with Crippen LogP contribution in [0.25, 0.3) is 0 Å². The molecule has 1 saturated carbocycles. The Morgan fingerprint density at radius 2 is 2.53 bits per heavy atom. The Morgan fingerprint density at radius 3 is 3.13 bits per heavy atom. The van der Waals surface area contributed by atoms with Crippen LogP contribution in [0.15, 0.2) is 12.5 Å². The van der Waals surface area contributed by atoms with Crippen LogP contribution in [-0.4, -0.2) is 21.5 Å². The molecule has 15 heavy (non-hydrogen) atoms. The first-order valence-corrected chi connectivity index (χ1v) is 5.22. The maximum absolute atomic E-state index is 11.1. The number of primary amides is 1. The smallest absolute Gasteiger partial charge is 0.240 e. The number of carbonyl (C=O) groups is 1. The third kappa shape index (κ3) is 2.36. The predicted molar refractivity (Wildman–Crippen MR) is 56.0 cm³/mol. The monoisotopic (exact) mass is 208 g/mol. The Balaban J connectivity index is 2.02. The molecule has 1 aromatic rings. The maximum atomic E-state index is 11.1. The molecule has 0 aliphatic heterocycles. The zero-order valence-electron chi connectivity index (χ0n) is 8.81. The molecule has 0 spiro atoms.